The van der Waals surface area contributed by atoms with Crippen LogP contribution in [0.25, 0.3) is 0 Å². The summed E-state index contributed by atoms with van der Waals surface area (Å²) < 4.78 is 0. The van der Waals surface area contributed by atoms with Crippen LogP contribution in [0.5, 0.6) is 0 Å². The molecule has 0 aliphatic carbocycles. The van der Waals surface area contributed by atoms with Crippen LogP contribution in [0.2, 0.25) is 0 Å². The SMILES string of the molecule is CCC/C=C/CSC(=O)NCCCC. The van der Waals surface area contributed by atoms with Gasteiger partial charge in [0.25, 0.3) is 5.24 Å². The van der Waals surface area contributed by atoms with E-state index in [0.29, 0.717) is 0 Å². The number of carbonyl (C=O) groups excluding carboxylic acids is 1. The van der Waals surface area contributed by atoms with Crippen LogP contribution in [0.15, 0.2) is 12.2 Å². The number of rotatable bonds is 7. The molecule has 0 aliphatic rings. The fourth-order valence-corrected chi connectivity index (χ4v) is 1.48. The zero-order valence-electron chi connectivity index (χ0n) is 9.21. The molecule has 0 fully saturated rings. The van der Waals surface area contributed by atoms with Gasteiger partial charge in [0.15, 0.2) is 0 Å². The highest BCUT2D eigenvalue weighted by atomic mass is 32.2. The molecule has 0 radical (unpaired) electrons. The quantitative estimate of drug-likeness (QED) is 0.519. The van der Waals surface area contributed by atoms with Gasteiger partial charge in [-0.1, -0.05) is 50.6 Å². The highest BCUT2D eigenvalue weighted by Crippen LogP contribution is 2.02. The summed E-state index contributed by atoms with van der Waals surface area (Å²) in [7, 11) is 0. The topological polar surface area (TPSA) is 29.1 Å². The molecule has 0 aliphatic heterocycles. The third kappa shape index (κ3) is 9.65. The summed E-state index contributed by atoms with van der Waals surface area (Å²) in [5, 5.41) is 2.96. The van der Waals surface area contributed by atoms with Crippen molar-refractivity contribution in [3.63, 3.8) is 0 Å². The number of thioether (sulfide) groups is 1. The Bertz CT molecular complexity index is 169. The Labute approximate surface area is 91.5 Å². The molecule has 0 saturated carbocycles. The summed E-state index contributed by atoms with van der Waals surface area (Å²) in [6.07, 6.45) is 8.67. The highest BCUT2D eigenvalue weighted by Gasteiger charge is 1.97. The predicted octanol–water partition coefficient (Wildman–Crippen LogP) is 3.59. The van der Waals surface area contributed by atoms with Crippen molar-refractivity contribution in [1.29, 1.82) is 0 Å². The first-order chi connectivity index (χ1) is 6.81. The Morgan fingerprint density at radius 2 is 2.07 bits per heavy atom. The minimum Gasteiger partial charge on any atom is -0.347 e. The Morgan fingerprint density at radius 3 is 2.71 bits per heavy atom. The molecule has 0 bridgehead atoms. The van der Waals surface area contributed by atoms with E-state index in [1.54, 1.807) is 0 Å². The lowest BCUT2D eigenvalue weighted by atomic mass is 10.3. The molecule has 14 heavy (non-hydrogen) atoms. The van der Waals surface area contributed by atoms with Gasteiger partial charge in [-0.15, -0.1) is 0 Å². The summed E-state index contributed by atoms with van der Waals surface area (Å²) in [5.74, 6) is 0.790. The van der Waals surface area contributed by atoms with E-state index < -0.39 is 0 Å². The van der Waals surface area contributed by atoms with Gasteiger partial charge in [-0.05, 0) is 12.8 Å². The number of allylic oxidation sites excluding steroid dienone is 1. The van der Waals surface area contributed by atoms with E-state index in [4.69, 9.17) is 0 Å². The standard InChI is InChI=1S/C11H21NOS/c1-3-5-7-8-10-14-11(13)12-9-6-4-2/h7-8H,3-6,9-10H2,1-2H3,(H,12,13)/b8-7+. The number of carbonyl (C=O) groups is 1. The lowest BCUT2D eigenvalue weighted by Crippen LogP contribution is -2.19. The number of unbranched alkanes of at least 4 members (excludes halogenated alkanes) is 2. The zero-order chi connectivity index (χ0) is 10.6. The molecule has 82 valence electrons. The Kier molecular flexibility index (Phi) is 10.3. The Hall–Kier alpha value is -0.440. The lowest BCUT2D eigenvalue weighted by Gasteiger charge is -2.01. The van der Waals surface area contributed by atoms with Crippen molar-refractivity contribution in [2.75, 3.05) is 12.3 Å². The lowest BCUT2D eigenvalue weighted by molar-refractivity contribution is 0.260. The normalized spacial score (nSPS) is 10.7. The molecule has 0 aromatic rings. The summed E-state index contributed by atoms with van der Waals surface area (Å²) in [6.45, 7) is 5.07. The monoisotopic (exact) mass is 215 g/mol. The molecule has 0 aromatic carbocycles. The van der Waals surface area contributed by atoms with Crippen LogP contribution in [-0.2, 0) is 0 Å². The van der Waals surface area contributed by atoms with Crippen molar-refractivity contribution >= 4 is 17.0 Å². The van der Waals surface area contributed by atoms with Gasteiger partial charge in [-0.2, -0.15) is 0 Å². The van der Waals surface area contributed by atoms with Crippen molar-refractivity contribution in [2.45, 2.75) is 39.5 Å². The first kappa shape index (κ1) is 13.6. The van der Waals surface area contributed by atoms with Crippen molar-refractivity contribution in [3.8, 4) is 0 Å². The second kappa shape index (κ2) is 10.6. The zero-order valence-corrected chi connectivity index (χ0v) is 10.0. The highest BCUT2D eigenvalue weighted by molar-refractivity contribution is 8.13. The molecule has 0 heterocycles. The van der Waals surface area contributed by atoms with Crippen LogP contribution in [0, 0.1) is 0 Å². The molecule has 1 N–H and O–H groups in total. The van der Waals surface area contributed by atoms with Gasteiger partial charge < -0.3 is 5.32 Å². The summed E-state index contributed by atoms with van der Waals surface area (Å²) in [6, 6.07) is 0. The van der Waals surface area contributed by atoms with Crippen LogP contribution >= 0.6 is 11.8 Å². The van der Waals surface area contributed by atoms with E-state index in [9.17, 15) is 4.79 Å². The molecule has 0 aromatic heterocycles. The van der Waals surface area contributed by atoms with Crippen molar-refractivity contribution in [1.82, 2.24) is 5.32 Å². The van der Waals surface area contributed by atoms with E-state index in [0.717, 1.165) is 31.6 Å². The maximum Gasteiger partial charge on any atom is 0.279 e. The second-order valence-corrected chi connectivity index (χ2v) is 4.13. The van der Waals surface area contributed by atoms with Crippen LogP contribution in [0.4, 0.5) is 4.79 Å². The molecule has 0 saturated heterocycles. The van der Waals surface area contributed by atoms with Crippen molar-refractivity contribution < 1.29 is 4.79 Å². The van der Waals surface area contributed by atoms with Crippen molar-refractivity contribution in [2.24, 2.45) is 0 Å². The van der Waals surface area contributed by atoms with E-state index in [-0.39, 0.29) is 5.24 Å². The van der Waals surface area contributed by atoms with Gasteiger partial charge in [0, 0.05) is 12.3 Å². The number of amides is 1. The third-order valence-electron chi connectivity index (χ3n) is 1.73. The Morgan fingerprint density at radius 1 is 1.29 bits per heavy atom. The Balaban J connectivity index is 3.26. The minimum absolute atomic E-state index is 0.0969. The van der Waals surface area contributed by atoms with Crippen LogP contribution in [0.3, 0.4) is 0 Å². The first-order valence-electron chi connectivity index (χ1n) is 5.36. The molecular formula is C11H21NOS. The molecule has 1 amide bonds. The summed E-state index contributed by atoms with van der Waals surface area (Å²) in [5.41, 5.74) is 0. The third-order valence-corrected chi connectivity index (χ3v) is 2.50. The maximum absolute atomic E-state index is 11.2. The molecular weight excluding hydrogens is 194 g/mol. The summed E-state index contributed by atoms with van der Waals surface area (Å²) in [4.78, 5) is 11.2. The van der Waals surface area contributed by atoms with Gasteiger partial charge >= 0.3 is 0 Å². The van der Waals surface area contributed by atoms with E-state index in [1.165, 1.54) is 18.2 Å². The van der Waals surface area contributed by atoms with E-state index in [2.05, 4.69) is 31.3 Å². The molecule has 0 atom stereocenters. The molecule has 2 nitrogen and oxygen atoms in total. The van der Waals surface area contributed by atoms with Gasteiger partial charge in [-0.3, -0.25) is 4.79 Å². The predicted molar refractivity (Wildman–Crippen MR) is 64.8 cm³/mol. The van der Waals surface area contributed by atoms with E-state index >= 15 is 0 Å². The fraction of sp³-hybridized carbons (Fsp3) is 0.727. The van der Waals surface area contributed by atoms with Crippen LogP contribution < -0.4 is 5.32 Å². The van der Waals surface area contributed by atoms with Gasteiger partial charge in [0.1, 0.15) is 0 Å². The van der Waals surface area contributed by atoms with Gasteiger partial charge in [0.2, 0.25) is 0 Å². The minimum atomic E-state index is 0.0969. The van der Waals surface area contributed by atoms with Gasteiger partial charge in [-0.25, -0.2) is 0 Å². The average molecular weight is 215 g/mol. The molecule has 0 rings (SSSR count). The molecule has 0 unspecified atom stereocenters. The summed E-state index contributed by atoms with van der Waals surface area (Å²) >= 11 is 1.34. The molecule has 3 heteroatoms. The molecule has 0 spiro atoms. The smallest absolute Gasteiger partial charge is 0.279 e. The number of hydrogen-bond donors (Lipinski definition) is 1. The first-order valence-corrected chi connectivity index (χ1v) is 6.35. The van der Waals surface area contributed by atoms with Crippen LogP contribution in [0.1, 0.15) is 39.5 Å². The van der Waals surface area contributed by atoms with E-state index in [1.807, 2.05) is 0 Å². The van der Waals surface area contributed by atoms with Crippen LogP contribution in [-0.4, -0.2) is 17.5 Å². The largest absolute Gasteiger partial charge is 0.347 e. The average Bonchev–Trinajstić information content (AvgIpc) is 2.18. The van der Waals surface area contributed by atoms with Gasteiger partial charge in [0.05, 0.1) is 0 Å². The fourth-order valence-electron chi connectivity index (χ4n) is 0.895. The second-order valence-electron chi connectivity index (χ2n) is 3.14. The number of hydrogen-bond acceptors (Lipinski definition) is 2. The number of nitrogens with one attached hydrogen (secondary N) is 1. The van der Waals surface area contributed by atoms with Crippen molar-refractivity contribution in [3.05, 3.63) is 12.2 Å². The maximum atomic E-state index is 11.2.